The summed E-state index contributed by atoms with van der Waals surface area (Å²) in [6.07, 6.45) is 3.34. The number of hydrogen-bond acceptors (Lipinski definition) is 7. The van der Waals surface area contributed by atoms with Crippen LogP contribution in [0, 0.1) is 11.8 Å². The normalized spacial score (nSPS) is 22.2. The maximum absolute atomic E-state index is 12.7. The van der Waals surface area contributed by atoms with Crippen molar-refractivity contribution in [2.45, 2.75) is 13.1 Å². The number of rotatable bonds is 6. The van der Waals surface area contributed by atoms with E-state index < -0.39 is 0 Å². The fourth-order valence-electron chi connectivity index (χ4n) is 4.07. The summed E-state index contributed by atoms with van der Waals surface area (Å²) < 4.78 is 10.4. The van der Waals surface area contributed by atoms with Crippen LogP contribution >= 0.6 is 0 Å². The fourth-order valence-corrected chi connectivity index (χ4v) is 4.07. The molecule has 27 heavy (non-hydrogen) atoms. The number of fused-ring (bicyclic) bond motifs is 1. The number of ether oxygens (including phenoxy) is 1. The third-order valence-electron chi connectivity index (χ3n) is 5.36. The van der Waals surface area contributed by atoms with Crippen LogP contribution in [-0.4, -0.2) is 66.0 Å². The Morgan fingerprint density at radius 1 is 1.30 bits per heavy atom. The van der Waals surface area contributed by atoms with Crippen molar-refractivity contribution in [3.05, 3.63) is 41.7 Å². The van der Waals surface area contributed by atoms with E-state index in [1.54, 1.807) is 7.11 Å². The molecule has 1 N–H and O–H groups in total. The zero-order chi connectivity index (χ0) is 18.8. The number of pyridine rings is 1. The Kier molecular flexibility index (Phi) is 5.09. The van der Waals surface area contributed by atoms with Gasteiger partial charge in [-0.15, -0.1) is 0 Å². The average Bonchev–Trinajstić information content (AvgIpc) is 3.37. The molecule has 1 amide bonds. The minimum Gasteiger partial charge on any atom is -0.481 e. The monoisotopic (exact) mass is 371 g/mol. The summed E-state index contributed by atoms with van der Waals surface area (Å²) in [6, 6.07) is 3.95. The molecule has 0 aliphatic carbocycles. The van der Waals surface area contributed by atoms with Crippen LogP contribution in [0.2, 0.25) is 0 Å². The molecule has 0 aromatic carbocycles. The number of oxazole rings is 1. The van der Waals surface area contributed by atoms with Crippen LogP contribution in [0.4, 0.5) is 0 Å². The first-order valence-electron chi connectivity index (χ1n) is 9.26. The Labute approximate surface area is 158 Å². The Bertz CT molecular complexity index is 777. The molecule has 0 radical (unpaired) electrons. The molecule has 0 bridgehead atoms. The second kappa shape index (κ2) is 7.66. The lowest BCUT2D eigenvalue weighted by molar-refractivity contribution is 0.0767. The summed E-state index contributed by atoms with van der Waals surface area (Å²) in [4.78, 5) is 25.6. The molecule has 2 aromatic rings. The largest absolute Gasteiger partial charge is 0.481 e. The molecule has 0 spiro atoms. The van der Waals surface area contributed by atoms with Gasteiger partial charge in [0.05, 0.1) is 13.7 Å². The molecule has 2 unspecified atom stereocenters. The first-order chi connectivity index (χ1) is 13.2. The number of hydrogen-bond donors (Lipinski definition) is 1. The van der Waals surface area contributed by atoms with Crippen molar-refractivity contribution in [3.63, 3.8) is 0 Å². The van der Waals surface area contributed by atoms with Gasteiger partial charge >= 0.3 is 0 Å². The highest BCUT2D eigenvalue weighted by Gasteiger charge is 2.42. The summed E-state index contributed by atoms with van der Waals surface area (Å²) in [7, 11) is 3.44. The number of nitrogens with one attached hydrogen (secondary N) is 1. The van der Waals surface area contributed by atoms with E-state index in [-0.39, 0.29) is 5.91 Å². The molecule has 8 nitrogen and oxygen atoms in total. The van der Waals surface area contributed by atoms with Crippen molar-refractivity contribution in [1.82, 2.24) is 25.1 Å². The number of aromatic nitrogens is 2. The summed E-state index contributed by atoms with van der Waals surface area (Å²) in [5.74, 6) is 2.19. The van der Waals surface area contributed by atoms with Crippen LogP contribution in [0.1, 0.15) is 21.9 Å². The van der Waals surface area contributed by atoms with E-state index >= 15 is 0 Å². The predicted molar refractivity (Wildman–Crippen MR) is 98.2 cm³/mol. The topological polar surface area (TPSA) is 83.7 Å². The number of methoxy groups -OCH3 is 1. The van der Waals surface area contributed by atoms with Crippen LogP contribution in [0.15, 0.2) is 29.0 Å². The Morgan fingerprint density at radius 3 is 2.70 bits per heavy atom. The third kappa shape index (κ3) is 3.81. The zero-order valence-corrected chi connectivity index (χ0v) is 15.7. The molecule has 2 saturated heterocycles. The predicted octanol–water partition coefficient (Wildman–Crippen LogP) is 1.00. The maximum Gasteiger partial charge on any atom is 0.275 e. The van der Waals surface area contributed by atoms with Crippen LogP contribution < -0.4 is 10.1 Å². The second-order valence-corrected chi connectivity index (χ2v) is 7.29. The van der Waals surface area contributed by atoms with Gasteiger partial charge in [-0.1, -0.05) is 6.07 Å². The minimum atomic E-state index is -0.0265. The Hall–Kier alpha value is -2.45. The number of carbonyl (C=O) groups excluding carboxylic acids is 1. The molecular formula is C19H25N5O3. The van der Waals surface area contributed by atoms with Crippen molar-refractivity contribution >= 4 is 5.91 Å². The van der Waals surface area contributed by atoms with E-state index in [1.165, 1.54) is 11.8 Å². The molecule has 2 fully saturated rings. The first kappa shape index (κ1) is 17.9. The lowest BCUT2D eigenvalue weighted by Gasteiger charge is -2.21. The zero-order valence-electron chi connectivity index (χ0n) is 15.7. The van der Waals surface area contributed by atoms with Gasteiger partial charge in [0.1, 0.15) is 6.26 Å². The number of carbonyl (C=O) groups is 1. The van der Waals surface area contributed by atoms with Gasteiger partial charge in [0.15, 0.2) is 5.69 Å². The molecule has 0 saturated carbocycles. The molecule has 2 aliphatic heterocycles. The molecular weight excluding hydrogens is 346 g/mol. The smallest absolute Gasteiger partial charge is 0.275 e. The molecule has 2 aliphatic rings. The molecule has 2 aromatic heterocycles. The molecule has 4 heterocycles. The fraction of sp³-hybridized carbons (Fsp3) is 0.526. The van der Waals surface area contributed by atoms with Gasteiger partial charge in [-0.05, 0) is 24.4 Å². The van der Waals surface area contributed by atoms with E-state index in [0.29, 0.717) is 35.8 Å². The third-order valence-corrected chi connectivity index (χ3v) is 5.36. The highest BCUT2D eigenvalue weighted by Crippen LogP contribution is 2.32. The maximum atomic E-state index is 12.7. The quantitative estimate of drug-likeness (QED) is 0.811. The van der Waals surface area contributed by atoms with Crippen molar-refractivity contribution in [3.8, 4) is 5.88 Å². The number of amides is 1. The summed E-state index contributed by atoms with van der Waals surface area (Å²) in [6.45, 7) is 4.99. The Morgan fingerprint density at radius 2 is 2.07 bits per heavy atom. The summed E-state index contributed by atoms with van der Waals surface area (Å²) in [5.41, 5.74) is 1.59. The SMILES string of the molecule is CNCc1nc(C(=O)N2CC3CN(Cc4ccc(OC)nc4)CC3C2)co1. The van der Waals surface area contributed by atoms with E-state index in [1.807, 2.05) is 24.2 Å². The van der Waals surface area contributed by atoms with Gasteiger partial charge in [-0.3, -0.25) is 9.69 Å². The minimum absolute atomic E-state index is 0.0265. The summed E-state index contributed by atoms with van der Waals surface area (Å²) in [5, 5.41) is 2.97. The number of likely N-dealkylation sites (tertiary alicyclic amines) is 2. The summed E-state index contributed by atoms with van der Waals surface area (Å²) >= 11 is 0. The van der Waals surface area contributed by atoms with Crippen LogP contribution in [0.25, 0.3) is 0 Å². The van der Waals surface area contributed by atoms with Gasteiger partial charge in [0, 0.05) is 45.0 Å². The second-order valence-electron chi connectivity index (χ2n) is 7.29. The average molecular weight is 371 g/mol. The highest BCUT2D eigenvalue weighted by atomic mass is 16.5. The van der Waals surface area contributed by atoms with Gasteiger partial charge in [-0.2, -0.15) is 0 Å². The van der Waals surface area contributed by atoms with Crippen molar-refractivity contribution in [1.29, 1.82) is 0 Å². The van der Waals surface area contributed by atoms with E-state index in [2.05, 4.69) is 26.3 Å². The van der Waals surface area contributed by atoms with Gasteiger partial charge in [-0.25, -0.2) is 9.97 Å². The van der Waals surface area contributed by atoms with Gasteiger partial charge in [0.25, 0.3) is 5.91 Å². The number of nitrogens with zero attached hydrogens (tertiary/aromatic N) is 4. The first-order valence-corrected chi connectivity index (χ1v) is 9.26. The van der Waals surface area contributed by atoms with Crippen molar-refractivity contribution in [2.75, 3.05) is 40.3 Å². The van der Waals surface area contributed by atoms with Crippen LogP contribution in [-0.2, 0) is 13.1 Å². The lowest BCUT2D eigenvalue weighted by atomic mass is 10.0. The van der Waals surface area contributed by atoms with Crippen LogP contribution in [0.3, 0.4) is 0 Å². The molecule has 144 valence electrons. The van der Waals surface area contributed by atoms with E-state index in [9.17, 15) is 4.79 Å². The van der Waals surface area contributed by atoms with E-state index in [4.69, 9.17) is 9.15 Å². The van der Waals surface area contributed by atoms with Gasteiger partial charge in [0.2, 0.25) is 11.8 Å². The Balaban J connectivity index is 1.31. The van der Waals surface area contributed by atoms with Crippen molar-refractivity contribution < 1.29 is 13.9 Å². The van der Waals surface area contributed by atoms with Crippen LogP contribution in [0.5, 0.6) is 5.88 Å². The molecule has 8 heteroatoms. The van der Waals surface area contributed by atoms with Gasteiger partial charge < -0.3 is 19.4 Å². The lowest BCUT2D eigenvalue weighted by Crippen LogP contribution is -2.33. The molecule has 2 atom stereocenters. The highest BCUT2D eigenvalue weighted by molar-refractivity contribution is 5.92. The van der Waals surface area contributed by atoms with E-state index in [0.717, 1.165) is 32.7 Å². The van der Waals surface area contributed by atoms with Crippen molar-refractivity contribution in [2.24, 2.45) is 11.8 Å². The molecule has 4 rings (SSSR count). The standard InChI is InChI=1S/C19H25N5O3/c1-20-6-18-22-16(12-27-18)19(25)24-10-14-8-23(9-15(14)11-24)7-13-3-4-17(26-2)21-5-13/h3-5,12,14-15,20H,6-11H2,1-2H3.